The van der Waals surface area contributed by atoms with Crippen LogP contribution in [0.3, 0.4) is 0 Å². The molecular weight excluding hydrogens is 512 g/mol. The number of aromatic nitrogens is 2. The van der Waals surface area contributed by atoms with Crippen LogP contribution in [0.1, 0.15) is 76.7 Å². The molecule has 2 fully saturated rings. The number of hydrogen-bond acceptors (Lipinski definition) is 7. The lowest BCUT2D eigenvalue weighted by Crippen LogP contribution is -2.34. The Morgan fingerprint density at radius 2 is 2.00 bits per heavy atom. The van der Waals surface area contributed by atoms with Crippen LogP contribution in [0.4, 0.5) is 0 Å². The summed E-state index contributed by atoms with van der Waals surface area (Å²) in [7, 11) is 0. The minimum Gasteiger partial charge on any atom is -0.478 e. The molecule has 0 unspecified atom stereocenters. The number of carbonyl (C=O) groups is 1. The van der Waals surface area contributed by atoms with Crippen molar-refractivity contribution in [2.24, 2.45) is 0 Å². The topological polar surface area (TPSA) is 106 Å². The van der Waals surface area contributed by atoms with Crippen LogP contribution in [0.25, 0.3) is 21.5 Å². The number of fused-ring (bicyclic) bond motifs is 1. The molecule has 0 aliphatic heterocycles. The molecule has 37 heavy (non-hydrogen) atoms. The Kier molecular flexibility index (Phi) is 6.31. The highest BCUT2D eigenvalue weighted by atomic mass is 35.5. The Hall–Kier alpha value is -2.78. The molecule has 2 saturated carbocycles. The van der Waals surface area contributed by atoms with Gasteiger partial charge in [0.2, 0.25) is 0 Å². The summed E-state index contributed by atoms with van der Waals surface area (Å²) in [5.41, 5.74) is 3.42. The van der Waals surface area contributed by atoms with Gasteiger partial charge in [0.25, 0.3) is 0 Å². The second-order valence-corrected chi connectivity index (χ2v) is 11.6. The van der Waals surface area contributed by atoms with Crippen molar-refractivity contribution >= 4 is 39.1 Å². The minimum absolute atomic E-state index is 0.00425. The molecule has 0 amide bonds. The molecule has 0 spiro atoms. The van der Waals surface area contributed by atoms with Gasteiger partial charge in [0.05, 0.1) is 33.5 Å². The smallest absolute Gasteiger partial charge is 0.335 e. The van der Waals surface area contributed by atoms with E-state index in [0.717, 1.165) is 45.7 Å². The third-order valence-corrected chi connectivity index (χ3v) is 9.03. The first-order valence-corrected chi connectivity index (χ1v) is 13.7. The van der Waals surface area contributed by atoms with Gasteiger partial charge in [-0.2, -0.15) is 0 Å². The maximum absolute atomic E-state index is 11.4. The number of thiazole rings is 1. The summed E-state index contributed by atoms with van der Waals surface area (Å²) in [6, 6.07) is 10.7. The Balaban J connectivity index is 1.17. The number of ether oxygens (including phenoxy) is 1. The number of hydrogen-bond donors (Lipinski definition) is 2. The average molecular weight is 539 g/mol. The molecule has 2 heterocycles. The standard InChI is InChI=1S/C28H27ClN2O5S/c1-15-3-2-4-20(29)23(15)24-19(25(36-31-24)16-5-6-16)14-35-18-9-11-28(34,12-10-18)27-30-21-13-17(26(32)33)7-8-22(21)37-27/h2-4,7-8,13,16,18,34H,5-6,9-12,14H2,1H3,(H,32,33)/t18-,28+. The number of carboxylic acids is 1. The third-order valence-electron chi connectivity index (χ3n) is 7.48. The quantitative estimate of drug-likeness (QED) is 0.265. The van der Waals surface area contributed by atoms with Gasteiger partial charge >= 0.3 is 5.97 Å². The zero-order valence-electron chi connectivity index (χ0n) is 20.4. The number of nitrogens with zero attached hydrogens (tertiary/aromatic N) is 2. The Bertz CT molecular complexity index is 1460. The lowest BCUT2D eigenvalue weighted by molar-refractivity contribution is -0.0640. The molecule has 2 aromatic carbocycles. The predicted octanol–water partition coefficient (Wildman–Crippen LogP) is 6.84. The number of aromatic carboxylic acids is 1. The number of aliphatic hydroxyl groups is 1. The second-order valence-electron chi connectivity index (χ2n) is 10.1. The van der Waals surface area contributed by atoms with Gasteiger partial charge in [-0.05, 0) is 75.3 Å². The van der Waals surface area contributed by atoms with Gasteiger partial charge < -0.3 is 19.5 Å². The van der Waals surface area contributed by atoms with Crippen LogP contribution >= 0.6 is 22.9 Å². The Labute approximate surface area is 223 Å². The molecule has 4 aromatic rings. The monoisotopic (exact) mass is 538 g/mol. The Morgan fingerprint density at radius 3 is 2.70 bits per heavy atom. The van der Waals surface area contributed by atoms with Crippen LogP contribution in [-0.2, 0) is 16.9 Å². The molecule has 6 rings (SSSR count). The molecule has 0 radical (unpaired) electrons. The van der Waals surface area contributed by atoms with Gasteiger partial charge in [0.1, 0.15) is 22.1 Å². The van der Waals surface area contributed by atoms with E-state index < -0.39 is 11.6 Å². The number of carboxylic acid groups (broad SMARTS) is 1. The van der Waals surface area contributed by atoms with E-state index in [1.807, 2.05) is 25.1 Å². The summed E-state index contributed by atoms with van der Waals surface area (Å²) in [6.45, 7) is 2.40. The van der Waals surface area contributed by atoms with E-state index in [1.54, 1.807) is 18.2 Å². The molecule has 0 bridgehead atoms. The van der Waals surface area contributed by atoms with Gasteiger partial charge in [-0.15, -0.1) is 11.3 Å². The molecule has 2 aliphatic carbocycles. The van der Waals surface area contributed by atoms with Gasteiger partial charge in [-0.1, -0.05) is 28.9 Å². The molecule has 7 nitrogen and oxygen atoms in total. The van der Waals surface area contributed by atoms with E-state index in [-0.39, 0.29) is 11.7 Å². The van der Waals surface area contributed by atoms with Crippen LogP contribution < -0.4 is 0 Å². The van der Waals surface area contributed by atoms with Crippen molar-refractivity contribution in [2.75, 3.05) is 0 Å². The van der Waals surface area contributed by atoms with Crippen LogP contribution in [0.5, 0.6) is 0 Å². The van der Waals surface area contributed by atoms with Crippen molar-refractivity contribution in [2.45, 2.75) is 69.7 Å². The molecule has 0 saturated heterocycles. The second kappa shape index (κ2) is 9.51. The van der Waals surface area contributed by atoms with E-state index in [2.05, 4.69) is 10.1 Å². The van der Waals surface area contributed by atoms with Crippen molar-refractivity contribution in [1.29, 1.82) is 0 Å². The highest BCUT2D eigenvalue weighted by Gasteiger charge is 2.39. The number of aryl methyl sites for hydroxylation is 1. The highest BCUT2D eigenvalue weighted by Crippen LogP contribution is 2.46. The van der Waals surface area contributed by atoms with Crippen LogP contribution in [-0.4, -0.2) is 32.4 Å². The van der Waals surface area contributed by atoms with Crippen molar-refractivity contribution < 1.29 is 24.3 Å². The summed E-state index contributed by atoms with van der Waals surface area (Å²) in [5.74, 6) is 0.301. The average Bonchev–Trinajstić information content (AvgIpc) is 3.49. The highest BCUT2D eigenvalue weighted by molar-refractivity contribution is 7.18. The van der Waals surface area contributed by atoms with E-state index in [0.29, 0.717) is 53.8 Å². The van der Waals surface area contributed by atoms with Crippen LogP contribution in [0, 0.1) is 6.92 Å². The molecule has 2 aliphatic rings. The normalized spacial score (nSPS) is 22.0. The first kappa shape index (κ1) is 24.6. The van der Waals surface area contributed by atoms with Crippen molar-refractivity contribution in [1.82, 2.24) is 10.1 Å². The zero-order valence-corrected chi connectivity index (χ0v) is 21.9. The van der Waals surface area contributed by atoms with E-state index in [9.17, 15) is 15.0 Å². The molecular formula is C28H27ClN2O5S. The van der Waals surface area contributed by atoms with Gasteiger partial charge in [0, 0.05) is 17.0 Å². The van der Waals surface area contributed by atoms with Gasteiger partial charge in [0.15, 0.2) is 0 Å². The predicted molar refractivity (Wildman–Crippen MR) is 141 cm³/mol. The SMILES string of the molecule is Cc1cccc(Cl)c1-c1noc(C2CC2)c1CO[C@H]1CC[C@](O)(c2nc3cc(C(=O)O)ccc3s2)CC1. The third kappa shape index (κ3) is 4.68. The minimum atomic E-state index is -1.04. The van der Waals surface area contributed by atoms with Crippen molar-refractivity contribution in [3.63, 3.8) is 0 Å². The molecule has 2 N–H and O–H groups in total. The summed E-state index contributed by atoms with van der Waals surface area (Å²) in [5, 5.41) is 26.4. The maximum atomic E-state index is 11.4. The maximum Gasteiger partial charge on any atom is 0.335 e. The molecule has 9 heteroatoms. The molecule has 192 valence electrons. The summed E-state index contributed by atoms with van der Waals surface area (Å²) < 4.78 is 13.0. The van der Waals surface area contributed by atoms with Gasteiger partial charge in [-0.25, -0.2) is 9.78 Å². The summed E-state index contributed by atoms with van der Waals surface area (Å²) >= 11 is 7.97. The van der Waals surface area contributed by atoms with E-state index in [1.165, 1.54) is 11.3 Å². The van der Waals surface area contributed by atoms with E-state index in [4.69, 9.17) is 20.9 Å². The lowest BCUT2D eigenvalue weighted by Gasteiger charge is -2.34. The molecule has 0 atom stereocenters. The number of benzene rings is 2. The van der Waals surface area contributed by atoms with Gasteiger partial charge in [-0.3, -0.25) is 0 Å². The van der Waals surface area contributed by atoms with Crippen molar-refractivity contribution in [3.8, 4) is 11.3 Å². The van der Waals surface area contributed by atoms with E-state index >= 15 is 0 Å². The van der Waals surface area contributed by atoms with Crippen LogP contribution in [0.15, 0.2) is 40.9 Å². The molecule has 2 aromatic heterocycles. The van der Waals surface area contributed by atoms with Crippen molar-refractivity contribution in [3.05, 3.63) is 68.9 Å². The number of halogens is 1. The lowest BCUT2D eigenvalue weighted by atomic mass is 9.83. The first-order valence-electron chi connectivity index (χ1n) is 12.5. The summed E-state index contributed by atoms with van der Waals surface area (Å²) in [4.78, 5) is 15.9. The number of rotatable bonds is 7. The largest absolute Gasteiger partial charge is 0.478 e. The Morgan fingerprint density at radius 1 is 1.22 bits per heavy atom. The fourth-order valence-corrected chi connectivity index (χ4v) is 6.57. The first-order chi connectivity index (χ1) is 17.8. The van der Waals surface area contributed by atoms with Crippen LogP contribution in [0.2, 0.25) is 5.02 Å². The zero-order chi connectivity index (χ0) is 25.7. The fourth-order valence-electron chi connectivity index (χ4n) is 5.17. The fraction of sp³-hybridized carbons (Fsp3) is 0.393. The summed E-state index contributed by atoms with van der Waals surface area (Å²) in [6.07, 6.45) is 4.62.